The quantitative estimate of drug-likeness (QED) is 0.672. The zero-order chi connectivity index (χ0) is 19.5. The lowest BCUT2D eigenvalue weighted by Gasteiger charge is -2.23. The molecule has 142 valence electrons. The number of fused-ring (bicyclic) bond motifs is 1. The number of aromatic nitrogens is 3. The molecule has 0 bridgehead atoms. The minimum absolute atomic E-state index is 0.194. The summed E-state index contributed by atoms with van der Waals surface area (Å²) in [7, 11) is 1.52. The van der Waals surface area contributed by atoms with Crippen molar-refractivity contribution < 1.29 is 14.3 Å². The molecule has 3 heterocycles. The maximum Gasteiger partial charge on any atom is 0.274 e. The zero-order valence-electron chi connectivity index (χ0n) is 15.2. The van der Waals surface area contributed by atoms with Crippen LogP contribution in [0.15, 0.2) is 59.7 Å². The summed E-state index contributed by atoms with van der Waals surface area (Å²) in [4.78, 5) is 30.5. The van der Waals surface area contributed by atoms with Crippen LogP contribution in [0.25, 0.3) is 0 Å². The van der Waals surface area contributed by atoms with Gasteiger partial charge < -0.3 is 14.4 Å². The first kappa shape index (κ1) is 17.7. The average molecular weight is 378 g/mol. The Bertz CT molecular complexity index is 1070. The summed E-state index contributed by atoms with van der Waals surface area (Å²) in [5.74, 6) is 1.07. The Labute approximate surface area is 161 Å². The average Bonchev–Trinajstić information content (AvgIpc) is 3.18. The minimum Gasteiger partial charge on any atom is -0.454 e. The lowest BCUT2D eigenvalue weighted by Crippen LogP contribution is -2.32. The molecule has 0 fully saturated rings. The number of rotatable bonds is 5. The summed E-state index contributed by atoms with van der Waals surface area (Å²) in [6, 6.07) is 12.1. The molecule has 0 aliphatic carbocycles. The van der Waals surface area contributed by atoms with E-state index >= 15 is 0 Å². The van der Waals surface area contributed by atoms with E-state index in [1.807, 2.05) is 30.3 Å². The number of hydrogen-bond donors (Lipinski definition) is 0. The number of ether oxygens (including phenoxy) is 2. The first-order chi connectivity index (χ1) is 13.6. The third kappa shape index (κ3) is 3.71. The van der Waals surface area contributed by atoms with E-state index in [4.69, 9.17) is 9.47 Å². The van der Waals surface area contributed by atoms with E-state index in [-0.39, 0.29) is 24.0 Å². The van der Waals surface area contributed by atoms with Crippen LogP contribution in [0.5, 0.6) is 11.5 Å². The molecule has 1 aliphatic rings. The van der Waals surface area contributed by atoms with Crippen molar-refractivity contribution in [2.75, 3.05) is 6.79 Å². The van der Waals surface area contributed by atoms with Gasteiger partial charge in [-0.15, -0.1) is 0 Å². The number of hydrogen-bond acceptors (Lipinski definition) is 6. The molecule has 3 aromatic rings. The van der Waals surface area contributed by atoms with Crippen molar-refractivity contribution in [1.29, 1.82) is 0 Å². The van der Waals surface area contributed by atoms with Crippen molar-refractivity contribution in [1.82, 2.24) is 19.7 Å². The van der Waals surface area contributed by atoms with E-state index in [2.05, 4.69) is 10.1 Å². The standard InChI is InChI=1S/C20H18N4O4/c1-23-19(25)7-5-16(22-23)20(26)24(12-15-3-2-8-21-10-15)11-14-4-6-17-18(9-14)28-13-27-17/h2-10H,11-13H2,1H3. The van der Waals surface area contributed by atoms with Crippen LogP contribution in [-0.2, 0) is 20.1 Å². The predicted molar refractivity (Wildman–Crippen MR) is 99.9 cm³/mol. The SMILES string of the molecule is Cn1nc(C(=O)N(Cc2cccnc2)Cc2ccc3c(c2)OCO3)ccc1=O. The number of amides is 1. The molecular weight excluding hydrogens is 360 g/mol. The highest BCUT2D eigenvalue weighted by Gasteiger charge is 2.21. The van der Waals surface area contributed by atoms with Gasteiger partial charge in [0.2, 0.25) is 6.79 Å². The summed E-state index contributed by atoms with van der Waals surface area (Å²) >= 11 is 0. The highest BCUT2D eigenvalue weighted by atomic mass is 16.7. The molecule has 0 N–H and O–H groups in total. The van der Waals surface area contributed by atoms with Gasteiger partial charge in [0.25, 0.3) is 11.5 Å². The molecule has 1 aromatic carbocycles. The monoisotopic (exact) mass is 378 g/mol. The Hall–Kier alpha value is -3.68. The Balaban J connectivity index is 1.64. The smallest absolute Gasteiger partial charge is 0.274 e. The summed E-state index contributed by atoms with van der Waals surface area (Å²) in [6.07, 6.45) is 3.40. The van der Waals surface area contributed by atoms with E-state index < -0.39 is 0 Å². The fourth-order valence-corrected chi connectivity index (χ4v) is 2.95. The van der Waals surface area contributed by atoms with E-state index in [1.54, 1.807) is 17.3 Å². The van der Waals surface area contributed by atoms with Gasteiger partial charge in [-0.25, -0.2) is 4.68 Å². The van der Waals surface area contributed by atoms with Gasteiger partial charge in [0, 0.05) is 38.6 Å². The Kier molecular flexibility index (Phi) is 4.76. The van der Waals surface area contributed by atoms with Crippen molar-refractivity contribution in [2.45, 2.75) is 13.1 Å². The van der Waals surface area contributed by atoms with Gasteiger partial charge >= 0.3 is 0 Å². The van der Waals surface area contributed by atoms with Crippen LogP contribution < -0.4 is 15.0 Å². The predicted octanol–water partition coefficient (Wildman–Crippen LogP) is 1.75. The van der Waals surface area contributed by atoms with Crippen molar-refractivity contribution in [3.05, 3.63) is 82.0 Å². The summed E-state index contributed by atoms with van der Waals surface area (Å²) in [5.41, 5.74) is 1.71. The molecular formula is C20H18N4O4. The van der Waals surface area contributed by atoms with Crippen molar-refractivity contribution in [3.63, 3.8) is 0 Å². The van der Waals surface area contributed by atoms with Crippen molar-refractivity contribution in [2.24, 2.45) is 7.05 Å². The van der Waals surface area contributed by atoms with Gasteiger partial charge in [-0.2, -0.15) is 5.10 Å². The molecule has 0 spiro atoms. The molecule has 1 amide bonds. The minimum atomic E-state index is -0.280. The summed E-state index contributed by atoms with van der Waals surface area (Å²) in [6.45, 7) is 0.888. The van der Waals surface area contributed by atoms with E-state index in [1.165, 1.54) is 19.2 Å². The van der Waals surface area contributed by atoms with Crippen molar-refractivity contribution in [3.8, 4) is 11.5 Å². The van der Waals surface area contributed by atoms with E-state index in [0.29, 0.717) is 24.6 Å². The third-order valence-electron chi connectivity index (χ3n) is 4.37. The molecule has 8 heteroatoms. The zero-order valence-corrected chi connectivity index (χ0v) is 15.2. The maximum atomic E-state index is 13.1. The number of nitrogens with zero attached hydrogens (tertiary/aromatic N) is 4. The Morgan fingerprint density at radius 3 is 2.71 bits per heavy atom. The van der Waals surface area contributed by atoms with Crippen LogP contribution in [0.2, 0.25) is 0 Å². The molecule has 0 saturated heterocycles. The lowest BCUT2D eigenvalue weighted by atomic mass is 10.1. The highest BCUT2D eigenvalue weighted by Crippen LogP contribution is 2.33. The molecule has 1 aliphatic heterocycles. The topological polar surface area (TPSA) is 86.6 Å². The normalized spacial score (nSPS) is 12.0. The third-order valence-corrected chi connectivity index (χ3v) is 4.37. The van der Waals surface area contributed by atoms with Crippen LogP contribution >= 0.6 is 0 Å². The highest BCUT2D eigenvalue weighted by molar-refractivity contribution is 5.92. The van der Waals surface area contributed by atoms with Gasteiger partial charge in [-0.3, -0.25) is 14.6 Å². The van der Waals surface area contributed by atoms with Crippen molar-refractivity contribution >= 4 is 5.91 Å². The lowest BCUT2D eigenvalue weighted by molar-refractivity contribution is 0.0721. The molecule has 0 unspecified atom stereocenters. The molecule has 0 radical (unpaired) electrons. The number of pyridine rings is 1. The van der Waals surface area contributed by atoms with E-state index in [9.17, 15) is 9.59 Å². The van der Waals surface area contributed by atoms with Gasteiger partial charge in [0.05, 0.1) is 0 Å². The van der Waals surface area contributed by atoms with Gasteiger partial charge in [0.15, 0.2) is 11.5 Å². The van der Waals surface area contributed by atoms with Crippen LogP contribution in [0, 0.1) is 0 Å². The van der Waals surface area contributed by atoms with Crippen LogP contribution in [0.3, 0.4) is 0 Å². The first-order valence-corrected chi connectivity index (χ1v) is 8.71. The molecule has 8 nitrogen and oxygen atoms in total. The molecule has 0 atom stereocenters. The summed E-state index contributed by atoms with van der Waals surface area (Å²) in [5, 5.41) is 4.09. The largest absolute Gasteiger partial charge is 0.454 e. The second-order valence-electron chi connectivity index (χ2n) is 6.39. The van der Waals surface area contributed by atoms with E-state index in [0.717, 1.165) is 15.8 Å². The number of aryl methyl sites for hydroxylation is 1. The van der Waals surface area contributed by atoms with Gasteiger partial charge in [0.1, 0.15) is 5.69 Å². The van der Waals surface area contributed by atoms with Crippen LogP contribution in [0.4, 0.5) is 0 Å². The second kappa shape index (κ2) is 7.51. The first-order valence-electron chi connectivity index (χ1n) is 8.71. The van der Waals surface area contributed by atoms with Gasteiger partial charge in [-0.05, 0) is 35.4 Å². The fraction of sp³-hybridized carbons (Fsp3) is 0.200. The number of carbonyl (C=O) groups excluding carboxylic acids is 1. The second-order valence-corrected chi connectivity index (χ2v) is 6.39. The Morgan fingerprint density at radius 1 is 1.11 bits per heavy atom. The number of benzene rings is 1. The maximum absolute atomic E-state index is 13.1. The Morgan fingerprint density at radius 2 is 1.93 bits per heavy atom. The molecule has 0 saturated carbocycles. The number of carbonyl (C=O) groups is 1. The van der Waals surface area contributed by atoms with Crippen LogP contribution in [-0.4, -0.2) is 32.4 Å². The molecule has 28 heavy (non-hydrogen) atoms. The molecule has 2 aromatic heterocycles. The van der Waals surface area contributed by atoms with Gasteiger partial charge in [-0.1, -0.05) is 12.1 Å². The summed E-state index contributed by atoms with van der Waals surface area (Å²) < 4.78 is 11.9. The fourth-order valence-electron chi connectivity index (χ4n) is 2.95. The van der Waals surface area contributed by atoms with Crippen LogP contribution in [0.1, 0.15) is 21.6 Å². The molecule has 4 rings (SSSR count).